The Kier molecular flexibility index (Phi) is 4.82. The van der Waals surface area contributed by atoms with E-state index < -0.39 is 5.97 Å². The lowest BCUT2D eigenvalue weighted by atomic mass is 10.2. The van der Waals surface area contributed by atoms with Gasteiger partial charge in [0.05, 0.1) is 17.9 Å². The van der Waals surface area contributed by atoms with E-state index >= 15 is 0 Å². The smallest absolute Gasteiger partial charge is 0.335 e. The van der Waals surface area contributed by atoms with Gasteiger partial charge in [0, 0.05) is 24.7 Å². The van der Waals surface area contributed by atoms with Gasteiger partial charge in [0.1, 0.15) is 0 Å². The highest BCUT2D eigenvalue weighted by Crippen LogP contribution is 2.29. The molecule has 0 unspecified atom stereocenters. The highest BCUT2D eigenvalue weighted by molar-refractivity contribution is 9.10. The first-order valence-electron chi connectivity index (χ1n) is 6.39. The van der Waals surface area contributed by atoms with Crippen molar-refractivity contribution in [3.05, 3.63) is 28.2 Å². The Bertz CT molecular complexity index is 460. The highest BCUT2D eigenvalue weighted by Gasteiger charge is 2.21. The molecule has 0 radical (unpaired) electrons. The summed E-state index contributed by atoms with van der Waals surface area (Å²) in [7, 11) is 1.97. The highest BCUT2D eigenvalue weighted by atomic mass is 79.9. The first kappa shape index (κ1) is 14.3. The molecule has 2 rings (SSSR count). The summed E-state index contributed by atoms with van der Waals surface area (Å²) in [5.74, 6) is -0.130. The van der Waals surface area contributed by atoms with Crippen LogP contribution in [-0.2, 0) is 4.74 Å². The van der Waals surface area contributed by atoms with Crippen LogP contribution < -0.4 is 4.90 Å². The number of rotatable bonds is 7. The number of nitrogens with zero attached hydrogens (tertiary/aromatic N) is 1. The van der Waals surface area contributed by atoms with E-state index in [9.17, 15) is 4.79 Å². The van der Waals surface area contributed by atoms with Gasteiger partial charge in [-0.25, -0.2) is 4.79 Å². The average Bonchev–Trinajstić information content (AvgIpc) is 3.18. The van der Waals surface area contributed by atoms with E-state index in [-0.39, 0.29) is 5.56 Å². The second-order valence-corrected chi connectivity index (χ2v) is 5.77. The Balaban J connectivity index is 1.86. The van der Waals surface area contributed by atoms with E-state index in [0.717, 1.165) is 29.2 Å². The molecular weight excluding hydrogens is 310 g/mol. The van der Waals surface area contributed by atoms with Gasteiger partial charge in [-0.1, -0.05) is 0 Å². The predicted molar refractivity (Wildman–Crippen MR) is 77.9 cm³/mol. The van der Waals surface area contributed by atoms with Gasteiger partial charge in [-0.3, -0.25) is 0 Å². The lowest BCUT2D eigenvalue weighted by Crippen LogP contribution is -2.23. The fourth-order valence-corrected chi connectivity index (χ4v) is 2.49. The van der Waals surface area contributed by atoms with Gasteiger partial charge in [0.15, 0.2) is 0 Å². The van der Waals surface area contributed by atoms with Crippen molar-refractivity contribution in [2.45, 2.75) is 12.8 Å². The molecular formula is C14H18BrNO3. The zero-order chi connectivity index (χ0) is 13.8. The van der Waals surface area contributed by atoms with E-state index in [2.05, 4.69) is 20.8 Å². The summed E-state index contributed by atoms with van der Waals surface area (Å²) in [5.41, 5.74) is 1.26. The van der Waals surface area contributed by atoms with Crippen LogP contribution in [0.1, 0.15) is 23.2 Å². The molecule has 1 aliphatic rings. The number of benzene rings is 1. The Morgan fingerprint density at radius 2 is 2.26 bits per heavy atom. The molecule has 4 nitrogen and oxygen atoms in total. The van der Waals surface area contributed by atoms with E-state index in [1.165, 1.54) is 12.8 Å². The maximum Gasteiger partial charge on any atom is 0.335 e. The van der Waals surface area contributed by atoms with Gasteiger partial charge in [-0.2, -0.15) is 0 Å². The van der Waals surface area contributed by atoms with Crippen molar-refractivity contribution in [2.24, 2.45) is 5.92 Å². The molecule has 1 N–H and O–H groups in total. The van der Waals surface area contributed by atoms with Crippen LogP contribution in [0.25, 0.3) is 0 Å². The molecule has 104 valence electrons. The number of ether oxygens (including phenoxy) is 1. The van der Waals surface area contributed by atoms with Crippen molar-refractivity contribution in [1.29, 1.82) is 0 Å². The topological polar surface area (TPSA) is 49.8 Å². The summed E-state index contributed by atoms with van der Waals surface area (Å²) in [6.07, 6.45) is 2.61. The Hall–Kier alpha value is -1.07. The molecule has 0 aromatic heterocycles. The van der Waals surface area contributed by atoms with Crippen molar-refractivity contribution in [3.8, 4) is 0 Å². The van der Waals surface area contributed by atoms with Crippen LogP contribution in [0.3, 0.4) is 0 Å². The third-order valence-electron chi connectivity index (χ3n) is 3.23. The van der Waals surface area contributed by atoms with Crippen molar-refractivity contribution in [1.82, 2.24) is 0 Å². The largest absolute Gasteiger partial charge is 0.478 e. The van der Waals surface area contributed by atoms with E-state index in [1.807, 2.05) is 13.1 Å². The van der Waals surface area contributed by atoms with Gasteiger partial charge >= 0.3 is 5.97 Å². The number of likely N-dealkylation sites (N-methyl/N-ethyl adjacent to an activating group) is 1. The lowest BCUT2D eigenvalue weighted by molar-refractivity contribution is 0.0697. The van der Waals surface area contributed by atoms with Crippen LogP contribution >= 0.6 is 15.9 Å². The van der Waals surface area contributed by atoms with E-state index in [4.69, 9.17) is 9.84 Å². The number of carboxylic acids is 1. The standard InChI is InChI=1S/C14H18BrNO3/c1-16(6-7-19-9-10-2-3-10)13-5-4-11(14(17)18)8-12(13)15/h4-5,8,10H,2-3,6-7,9H2,1H3,(H,17,18). The normalized spacial score (nSPS) is 14.4. The molecule has 1 aromatic rings. The van der Waals surface area contributed by atoms with E-state index in [1.54, 1.807) is 12.1 Å². The molecule has 0 spiro atoms. The van der Waals surface area contributed by atoms with Gasteiger partial charge in [-0.15, -0.1) is 0 Å². The van der Waals surface area contributed by atoms with Gasteiger partial charge in [-0.05, 0) is 52.9 Å². The lowest BCUT2D eigenvalue weighted by Gasteiger charge is -2.21. The summed E-state index contributed by atoms with van der Waals surface area (Å²) < 4.78 is 6.39. The first-order chi connectivity index (χ1) is 9.08. The number of aromatic carboxylic acids is 1. The molecule has 1 fully saturated rings. The van der Waals surface area contributed by atoms with Crippen LogP contribution in [0.2, 0.25) is 0 Å². The van der Waals surface area contributed by atoms with Crippen LogP contribution in [0.5, 0.6) is 0 Å². The summed E-state index contributed by atoms with van der Waals surface area (Å²) >= 11 is 3.41. The SMILES string of the molecule is CN(CCOCC1CC1)c1ccc(C(=O)O)cc1Br. The first-order valence-corrected chi connectivity index (χ1v) is 7.19. The minimum atomic E-state index is -0.914. The quantitative estimate of drug-likeness (QED) is 0.782. The third kappa shape index (κ3) is 4.21. The number of hydrogen-bond acceptors (Lipinski definition) is 3. The minimum Gasteiger partial charge on any atom is -0.478 e. The van der Waals surface area contributed by atoms with Crippen LogP contribution in [-0.4, -0.2) is 37.9 Å². The number of carboxylic acid groups (broad SMARTS) is 1. The fraction of sp³-hybridized carbons (Fsp3) is 0.500. The van der Waals surface area contributed by atoms with Crippen LogP contribution in [0.4, 0.5) is 5.69 Å². The molecule has 0 atom stereocenters. The Morgan fingerprint density at radius 1 is 1.53 bits per heavy atom. The summed E-state index contributed by atoms with van der Waals surface area (Å²) in [4.78, 5) is 12.9. The van der Waals surface area contributed by atoms with E-state index in [0.29, 0.717) is 6.61 Å². The van der Waals surface area contributed by atoms with Gasteiger partial charge < -0.3 is 14.7 Å². The van der Waals surface area contributed by atoms with Crippen molar-refractivity contribution < 1.29 is 14.6 Å². The third-order valence-corrected chi connectivity index (χ3v) is 3.86. The minimum absolute atomic E-state index is 0.286. The summed E-state index contributed by atoms with van der Waals surface area (Å²) in [5, 5.41) is 8.92. The second-order valence-electron chi connectivity index (χ2n) is 4.91. The number of halogens is 1. The maximum absolute atomic E-state index is 10.9. The molecule has 0 amide bonds. The van der Waals surface area contributed by atoms with Crippen molar-refractivity contribution >= 4 is 27.6 Å². The molecule has 0 saturated heterocycles. The van der Waals surface area contributed by atoms with Gasteiger partial charge in [0.25, 0.3) is 0 Å². The summed E-state index contributed by atoms with van der Waals surface area (Å²) in [6.45, 7) is 2.35. The fourth-order valence-electron chi connectivity index (χ4n) is 1.81. The van der Waals surface area contributed by atoms with Crippen molar-refractivity contribution in [3.63, 3.8) is 0 Å². The molecule has 0 aliphatic heterocycles. The Morgan fingerprint density at radius 3 is 2.84 bits per heavy atom. The molecule has 1 saturated carbocycles. The monoisotopic (exact) mass is 327 g/mol. The molecule has 0 bridgehead atoms. The number of carbonyl (C=O) groups is 1. The van der Waals surface area contributed by atoms with Crippen molar-refractivity contribution in [2.75, 3.05) is 31.7 Å². The summed E-state index contributed by atoms with van der Waals surface area (Å²) in [6, 6.07) is 5.05. The number of anilines is 1. The average molecular weight is 328 g/mol. The number of hydrogen-bond donors (Lipinski definition) is 1. The predicted octanol–water partition coefficient (Wildman–Crippen LogP) is 3.01. The molecule has 1 aromatic carbocycles. The molecule has 0 heterocycles. The maximum atomic E-state index is 10.9. The molecule has 1 aliphatic carbocycles. The van der Waals surface area contributed by atoms with Crippen LogP contribution in [0.15, 0.2) is 22.7 Å². The zero-order valence-electron chi connectivity index (χ0n) is 10.9. The zero-order valence-corrected chi connectivity index (χ0v) is 12.5. The molecule has 19 heavy (non-hydrogen) atoms. The second kappa shape index (κ2) is 6.39. The Labute approximate surface area is 121 Å². The molecule has 5 heteroatoms. The van der Waals surface area contributed by atoms with Crippen LogP contribution in [0, 0.1) is 5.92 Å². The van der Waals surface area contributed by atoms with Gasteiger partial charge in [0.2, 0.25) is 0 Å².